The minimum atomic E-state index is -0.886. The number of amides is 1. The van der Waals surface area contributed by atoms with Crippen LogP contribution < -0.4 is 9.64 Å². The van der Waals surface area contributed by atoms with E-state index in [-0.39, 0.29) is 11.7 Å². The van der Waals surface area contributed by atoms with Crippen molar-refractivity contribution in [2.75, 3.05) is 38.3 Å². The van der Waals surface area contributed by atoms with Crippen molar-refractivity contribution < 1.29 is 18.7 Å². The third kappa shape index (κ3) is 4.00. The first-order valence-corrected chi connectivity index (χ1v) is 10.2. The largest absolute Gasteiger partial charge is 0.496 e. The van der Waals surface area contributed by atoms with Crippen molar-refractivity contribution >= 4 is 11.6 Å². The zero-order valence-electron chi connectivity index (χ0n) is 16.8. The number of morpholine rings is 1. The highest BCUT2D eigenvalue weighted by molar-refractivity contribution is 6.00. The fourth-order valence-corrected chi connectivity index (χ4v) is 4.37. The summed E-state index contributed by atoms with van der Waals surface area (Å²) < 4.78 is 25.9. The standard InChI is InChI=1S/C23H27FN2O3/c1-28-21-11-7-10-20(24)19(21)16-25-14-15-29-23(17-25)12-5-6-13-26(22(23)27)18-8-3-2-4-9-18/h2-4,7-11H,5-6,12-17H2,1H3. The molecular weight excluding hydrogens is 371 g/mol. The van der Waals surface area contributed by atoms with Crippen LogP contribution in [0.4, 0.5) is 10.1 Å². The Morgan fingerprint density at radius 2 is 1.93 bits per heavy atom. The number of hydrogen-bond acceptors (Lipinski definition) is 4. The quantitative estimate of drug-likeness (QED) is 0.789. The van der Waals surface area contributed by atoms with Gasteiger partial charge < -0.3 is 14.4 Å². The molecule has 29 heavy (non-hydrogen) atoms. The molecule has 5 nitrogen and oxygen atoms in total. The molecule has 1 unspecified atom stereocenters. The summed E-state index contributed by atoms with van der Waals surface area (Å²) in [7, 11) is 1.55. The van der Waals surface area contributed by atoms with Crippen molar-refractivity contribution in [1.82, 2.24) is 4.90 Å². The van der Waals surface area contributed by atoms with Crippen LogP contribution in [0.3, 0.4) is 0 Å². The first-order chi connectivity index (χ1) is 14.1. The van der Waals surface area contributed by atoms with Crippen LogP contribution in [0.25, 0.3) is 0 Å². The van der Waals surface area contributed by atoms with Crippen molar-refractivity contribution in [2.24, 2.45) is 0 Å². The smallest absolute Gasteiger partial charge is 0.260 e. The second-order valence-corrected chi connectivity index (χ2v) is 7.72. The van der Waals surface area contributed by atoms with E-state index in [1.54, 1.807) is 19.2 Å². The predicted octanol–water partition coefficient (Wildman–Crippen LogP) is 3.62. The first-order valence-electron chi connectivity index (χ1n) is 10.2. The Hall–Kier alpha value is -2.44. The molecule has 2 heterocycles. The number of carbonyl (C=O) groups excluding carboxylic acids is 1. The number of ether oxygens (including phenoxy) is 2. The highest BCUT2D eigenvalue weighted by Crippen LogP contribution is 2.33. The number of carbonyl (C=O) groups is 1. The monoisotopic (exact) mass is 398 g/mol. The van der Waals surface area contributed by atoms with Crippen LogP contribution in [0, 0.1) is 5.82 Å². The van der Waals surface area contributed by atoms with Gasteiger partial charge in [-0.15, -0.1) is 0 Å². The Morgan fingerprint density at radius 3 is 2.72 bits per heavy atom. The summed E-state index contributed by atoms with van der Waals surface area (Å²) in [6, 6.07) is 14.6. The Balaban J connectivity index is 1.58. The number of nitrogens with zero attached hydrogens (tertiary/aromatic N) is 2. The van der Waals surface area contributed by atoms with Crippen molar-refractivity contribution in [3.8, 4) is 5.75 Å². The summed E-state index contributed by atoms with van der Waals surface area (Å²) in [5.41, 5.74) is 0.534. The summed E-state index contributed by atoms with van der Waals surface area (Å²) in [5, 5.41) is 0. The summed E-state index contributed by atoms with van der Waals surface area (Å²) >= 11 is 0. The molecule has 1 amide bonds. The number of benzene rings is 2. The fourth-order valence-electron chi connectivity index (χ4n) is 4.37. The molecule has 0 aliphatic carbocycles. The highest BCUT2D eigenvalue weighted by Gasteiger charge is 2.47. The average molecular weight is 398 g/mol. The van der Waals surface area contributed by atoms with E-state index in [9.17, 15) is 9.18 Å². The maximum absolute atomic E-state index is 14.4. The van der Waals surface area contributed by atoms with Gasteiger partial charge in [-0.25, -0.2) is 4.39 Å². The van der Waals surface area contributed by atoms with Crippen LogP contribution in [-0.4, -0.2) is 49.8 Å². The lowest BCUT2D eigenvalue weighted by Crippen LogP contribution is -2.60. The maximum atomic E-state index is 14.4. The van der Waals surface area contributed by atoms with Gasteiger partial charge in [-0.2, -0.15) is 0 Å². The summed E-state index contributed by atoms with van der Waals surface area (Å²) in [5.74, 6) is 0.248. The molecule has 1 spiro atoms. The molecule has 154 valence electrons. The van der Waals surface area contributed by atoms with Gasteiger partial charge in [0.05, 0.1) is 13.7 Å². The Labute approximate surface area is 171 Å². The van der Waals surface area contributed by atoms with Gasteiger partial charge in [-0.3, -0.25) is 9.69 Å². The lowest BCUT2D eigenvalue weighted by Gasteiger charge is -2.42. The summed E-state index contributed by atoms with van der Waals surface area (Å²) in [6.45, 7) is 2.63. The van der Waals surface area contributed by atoms with Gasteiger partial charge in [0.1, 0.15) is 11.6 Å². The number of hydrogen-bond donors (Lipinski definition) is 0. The highest BCUT2D eigenvalue weighted by atomic mass is 19.1. The normalized spacial score (nSPS) is 23.2. The summed E-state index contributed by atoms with van der Waals surface area (Å²) in [4.78, 5) is 17.5. The Bertz CT molecular complexity index is 860. The SMILES string of the molecule is COc1cccc(F)c1CN1CCOC2(CCCCN(c3ccccc3)C2=O)C1. The number of para-hydroxylation sites is 1. The molecule has 2 fully saturated rings. The van der Waals surface area contributed by atoms with Crippen LogP contribution in [0.5, 0.6) is 5.75 Å². The van der Waals surface area contributed by atoms with E-state index in [0.717, 1.165) is 18.5 Å². The van der Waals surface area contributed by atoms with Crippen molar-refractivity contribution in [1.29, 1.82) is 0 Å². The van der Waals surface area contributed by atoms with Gasteiger partial charge in [0, 0.05) is 37.4 Å². The molecule has 2 aromatic carbocycles. The van der Waals surface area contributed by atoms with E-state index in [1.165, 1.54) is 6.07 Å². The molecule has 0 aromatic heterocycles. The van der Waals surface area contributed by atoms with Gasteiger partial charge in [-0.05, 0) is 43.5 Å². The van der Waals surface area contributed by atoms with E-state index >= 15 is 0 Å². The molecule has 0 saturated carbocycles. The van der Waals surface area contributed by atoms with Crippen LogP contribution in [0.15, 0.2) is 48.5 Å². The van der Waals surface area contributed by atoms with Gasteiger partial charge in [0.25, 0.3) is 5.91 Å². The Morgan fingerprint density at radius 1 is 1.10 bits per heavy atom. The molecule has 1 atom stereocenters. The first kappa shape index (κ1) is 19.9. The number of anilines is 1. The Kier molecular flexibility index (Phi) is 5.83. The third-order valence-corrected chi connectivity index (χ3v) is 5.86. The number of rotatable bonds is 4. The molecule has 0 N–H and O–H groups in total. The average Bonchev–Trinajstić information content (AvgIpc) is 2.90. The van der Waals surface area contributed by atoms with E-state index in [4.69, 9.17) is 9.47 Å². The number of methoxy groups -OCH3 is 1. The van der Waals surface area contributed by atoms with Crippen LogP contribution in [0.1, 0.15) is 24.8 Å². The lowest BCUT2D eigenvalue weighted by molar-refractivity contribution is -0.158. The molecule has 4 rings (SSSR count). The van der Waals surface area contributed by atoms with Crippen molar-refractivity contribution in [3.05, 3.63) is 59.9 Å². The molecule has 2 aliphatic heterocycles. The summed E-state index contributed by atoms with van der Waals surface area (Å²) in [6.07, 6.45) is 2.54. The van der Waals surface area contributed by atoms with E-state index in [0.29, 0.717) is 50.5 Å². The van der Waals surface area contributed by atoms with Crippen LogP contribution >= 0.6 is 0 Å². The predicted molar refractivity (Wildman–Crippen MR) is 110 cm³/mol. The zero-order valence-corrected chi connectivity index (χ0v) is 16.8. The van der Waals surface area contributed by atoms with E-state index in [2.05, 4.69) is 4.90 Å². The molecule has 2 saturated heterocycles. The minimum absolute atomic E-state index is 0.00592. The van der Waals surface area contributed by atoms with Crippen LogP contribution in [-0.2, 0) is 16.1 Å². The van der Waals surface area contributed by atoms with Gasteiger partial charge in [-0.1, -0.05) is 24.3 Å². The molecule has 0 bridgehead atoms. The fraction of sp³-hybridized carbons (Fsp3) is 0.435. The molecule has 2 aromatic rings. The lowest BCUT2D eigenvalue weighted by atomic mass is 9.93. The topological polar surface area (TPSA) is 42.0 Å². The van der Waals surface area contributed by atoms with Crippen LogP contribution in [0.2, 0.25) is 0 Å². The third-order valence-electron chi connectivity index (χ3n) is 5.86. The van der Waals surface area contributed by atoms with Gasteiger partial charge in [0.2, 0.25) is 0 Å². The molecule has 2 aliphatic rings. The molecular formula is C23H27FN2O3. The van der Waals surface area contributed by atoms with Crippen molar-refractivity contribution in [3.63, 3.8) is 0 Å². The molecule has 6 heteroatoms. The second kappa shape index (κ2) is 8.51. The van der Waals surface area contributed by atoms with Crippen molar-refractivity contribution in [2.45, 2.75) is 31.4 Å². The van der Waals surface area contributed by atoms with Gasteiger partial charge in [0.15, 0.2) is 5.60 Å². The second-order valence-electron chi connectivity index (χ2n) is 7.72. The minimum Gasteiger partial charge on any atom is -0.496 e. The number of halogens is 1. The zero-order chi connectivity index (χ0) is 20.3. The van der Waals surface area contributed by atoms with E-state index in [1.807, 2.05) is 35.2 Å². The van der Waals surface area contributed by atoms with Gasteiger partial charge >= 0.3 is 0 Å². The maximum Gasteiger partial charge on any atom is 0.260 e. The van der Waals surface area contributed by atoms with E-state index < -0.39 is 5.60 Å². The molecule has 0 radical (unpaired) electrons.